The number of rotatable bonds is 10. The van der Waals surface area contributed by atoms with Gasteiger partial charge < -0.3 is 13.9 Å². The number of hydrogen-bond donors (Lipinski definition) is 0. The van der Waals surface area contributed by atoms with E-state index in [1.165, 1.54) is 24.0 Å². The highest BCUT2D eigenvalue weighted by atomic mass is 16.5. The molecule has 0 amide bonds. The summed E-state index contributed by atoms with van der Waals surface area (Å²) in [7, 11) is 0. The summed E-state index contributed by atoms with van der Waals surface area (Å²) in [4.78, 5) is 12.2. The molecule has 35 heavy (non-hydrogen) atoms. The van der Waals surface area contributed by atoms with Crippen LogP contribution in [-0.4, -0.2) is 12.6 Å². The molecule has 0 atom stereocenters. The van der Waals surface area contributed by atoms with Crippen molar-refractivity contribution in [2.24, 2.45) is 5.92 Å². The minimum Gasteiger partial charge on any atom is -0.489 e. The Hall–Kier alpha value is -3.53. The Morgan fingerprint density at radius 3 is 2.66 bits per heavy atom. The van der Waals surface area contributed by atoms with E-state index in [9.17, 15) is 4.79 Å². The van der Waals surface area contributed by atoms with Crippen molar-refractivity contribution in [3.8, 4) is 16.9 Å². The number of benzene rings is 3. The summed E-state index contributed by atoms with van der Waals surface area (Å²) >= 11 is 0. The normalized spacial score (nSPS) is 13.2. The molecular formula is C31H32O4. The molecule has 5 rings (SSSR count). The third-order valence-corrected chi connectivity index (χ3v) is 6.64. The molecule has 0 unspecified atom stereocenters. The lowest BCUT2D eigenvalue weighted by atomic mass is 9.98. The van der Waals surface area contributed by atoms with Gasteiger partial charge in [0.1, 0.15) is 17.9 Å². The Bertz CT molecular complexity index is 1330. The van der Waals surface area contributed by atoms with Crippen LogP contribution >= 0.6 is 0 Å². The topological polar surface area (TPSA) is 48.7 Å². The molecule has 0 spiro atoms. The summed E-state index contributed by atoms with van der Waals surface area (Å²) in [5.74, 6) is 1.31. The smallest absolute Gasteiger partial charge is 0.310 e. The van der Waals surface area contributed by atoms with Gasteiger partial charge in [0.15, 0.2) is 0 Å². The molecule has 4 nitrogen and oxygen atoms in total. The first kappa shape index (κ1) is 23.2. The zero-order valence-corrected chi connectivity index (χ0v) is 20.5. The number of esters is 1. The average Bonchev–Trinajstić information content (AvgIpc) is 3.56. The quantitative estimate of drug-likeness (QED) is 0.229. The number of fused-ring (bicyclic) bond motifs is 1. The molecule has 1 aromatic heterocycles. The van der Waals surface area contributed by atoms with Crippen molar-refractivity contribution in [2.75, 3.05) is 6.61 Å². The van der Waals surface area contributed by atoms with Crippen molar-refractivity contribution in [2.45, 2.75) is 52.6 Å². The van der Waals surface area contributed by atoms with Crippen LogP contribution in [0.25, 0.3) is 22.1 Å². The van der Waals surface area contributed by atoms with E-state index >= 15 is 0 Å². The number of hydrogen-bond acceptors (Lipinski definition) is 4. The number of furan rings is 1. The van der Waals surface area contributed by atoms with Crippen molar-refractivity contribution in [1.29, 1.82) is 0 Å². The van der Waals surface area contributed by atoms with E-state index < -0.39 is 0 Å². The molecule has 4 heteroatoms. The van der Waals surface area contributed by atoms with Gasteiger partial charge in [-0.05, 0) is 85.0 Å². The van der Waals surface area contributed by atoms with E-state index in [0.29, 0.717) is 13.2 Å². The molecule has 1 heterocycles. The Morgan fingerprint density at radius 1 is 0.971 bits per heavy atom. The molecule has 1 aliphatic carbocycles. The maximum absolute atomic E-state index is 12.2. The van der Waals surface area contributed by atoms with Crippen LogP contribution in [0.5, 0.6) is 5.75 Å². The van der Waals surface area contributed by atoms with E-state index in [0.717, 1.165) is 57.7 Å². The van der Waals surface area contributed by atoms with Crippen molar-refractivity contribution in [1.82, 2.24) is 0 Å². The monoisotopic (exact) mass is 468 g/mol. The highest BCUT2D eigenvalue weighted by Crippen LogP contribution is 2.35. The standard InChI is InChI=1S/C31H32O4/c1-3-21-6-5-7-25(15-21)28-17-24(16-27-12-13-34-31(27)28)20-35-29-18-23(14-22-8-9-22)10-11-26(29)19-30(32)33-4-2/h5-7,10-13,15-18,22H,3-4,8-9,14,19-20H2,1-2H3. The Kier molecular flexibility index (Phi) is 6.89. The molecule has 0 radical (unpaired) electrons. The van der Waals surface area contributed by atoms with E-state index in [4.69, 9.17) is 13.9 Å². The summed E-state index contributed by atoms with van der Waals surface area (Å²) in [6.45, 7) is 4.77. The lowest BCUT2D eigenvalue weighted by Crippen LogP contribution is -2.09. The molecule has 1 aliphatic rings. The maximum Gasteiger partial charge on any atom is 0.310 e. The molecular weight excluding hydrogens is 436 g/mol. The fourth-order valence-corrected chi connectivity index (χ4v) is 4.59. The van der Waals surface area contributed by atoms with E-state index in [1.807, 2.05) is 19.1 Å². The minimum atomic E-state index is -0.231. The Balaban J connectivity index is 1.43. The van der Waals surface area contributed by atoms with Crippen molar-refractivity contribution in [3.05, 3.63) is 89.2 Å². The zero-order chi connectivity index (χ0) is 24.2. The van der Waals surface area contributed by atoms with Gasteiger partial charge in [-0.25, -0.2) is 0 Å². The summed E-state index contributed by atoms with van der Waals surface area (Å²) in [5, 5.41) is 1.05. The van der Waals surface area contributed by atoms with Crippen LogP contribution in [0.2, 0.25) is 0 Å². The molecule has 1 saturated carbocycles. The van der Waals surface area contributed by atoms with Gasteiger partial charge in [0, 0.05) is 16.5 Å². The predicted molar refractivity (Wildman–Crippen MR) is 139 cm³/mol. The summed E-state index contributed by atoms with van der Waals surface area (Å²) < 4.78 is 17.4. The molecule has 0 bridgehead atoms. The summed E-state index contributed by atoms with van der Waals surface area (Å²) in [5.41, 5.74) is 7.57. The predicted octanol–water partition coefficient (Wildman–Crippen LogP) is 7.30. The fourth-order valence-electron chi connectivity index (χ4n) is 4.59. The van der Waals surface area contributed by atoms with Crippen LogP contribution in [0.1, 0.15) is 48.9 Å². The SMILES string of the molecule is CCOC(=O)Cc1ccc(CC2CC2)cc1OCc1cc(-c2cccc(CC)c2)c2occc2c1. The highest BCUT2D eigenvalue weighted by molar-refractivity contribution is 5.93. The third kappa shape index (κ3) is 5.59. The van der Waals surface area contributed by atoms with Gasteiger partial charge in [0.05, 0.1) is 19.3 Å². The van der Waals surface area contributed by atoms with Crippen molar-refractivity contribution >= 4 is 16.9 Å². The van der Waals surface area contributed by atoms with Crippen LogP contribution in [-0.2, 0) is 35.4 Å². The number of ether oxygens (including phenoxy) is 2. The largest absolute Gasteiger partial charge is 0.489 e. The fraction of sp³-hybridized carbons (Fsp3) is 0.323. The number of carbonyl (C=O) groups is 1. The second kappa shape index (κ2) is 10.4. The summed E-state index contributed by atoms with van der Waals surface area (Å²) in [6.07, 6.45) is 6.60. The Labute approximate surface area is 206 Å². The van der Waals surface area contributed by atoms with E-state index in [1.54, 1.807) is 6.26 Å². The van der Waals surface area contributed by atoms with Crippen LogP contribution in [0, 0.1) is 5.92 Å². The van der Waals surface area contributed by atoms with E-state index in [2.05, 4.69) is 55.5 Å². The van der Waals surface area contributed by atoms with Crippen LogP contribution in [0.15, 0.2) is 71.3 Å². The molecule has 3 aromatic carbocycles. The van der Waals surface area contributed by atoms with Gasteiger partial charge in [0.2, 0.25) is 0 Å². The molecule has 1 fully saturated rings. The van der Waals surface area contributed by atoms with E-state index in [-0.39, 0.29) is 12.4 Å². The molecule has 0 saturated heterocycles. The van der Waals surface area contributed by atoms with Crippen LogP contribution in [0.4, 0.5) is 0 Å². The van der Waals surface area contributed by atoms with Crippen LogP contribution in [0.3, 0.4) is 0 Å². The molecule has 4 aromatic rings. The van der Waals surface area contributed by atoms with Gasteiger partial charge in [0.25, 0.3) is 0 Å². The molecule has 0 aliphatic heterocycles. The van der Waals surface area contributed by atoms with Crippen LogP contribution < -0.4 is 4.74 Å². The first-order chi connectivity index (χ1) is 17.1. The van der Waals surface area contributed by atoms with Crippen molar-refractivity contribution in [3.63, 3.8) is 0 Å². The first-order valence-electron chi connectivity index (χ1n) is 12.6. The third-order valence-electron chi connectivity index (χ3n) is 6.64. The summed E-state index contributed by atoms with van der Waals surface area (Å²) in [6, 6.07) is 21.1. The second-order valence-corrected chi connectivity index (χ2v) is 9.40. The van der Waals surface area contributed by atoms with Gasteiger partial charge in [-0.1, -0.05) is 43.3 Å². The maximum atomic E-state index is 12.2. The minimum absolute atomic E-state index is 0.211. The van der Waals surface area contributed by atoms with Gasteiger partial charge in [-0.15, -0.1) is 0 Å². The lowest BCUT2D eigenvalue weighted by Gasteiger charge is -2.14. The lowest BCUT2D eigenvalue weighted by molar-refractivity contribution is -0.142. The zero-order valence-electron chi connectivity index (χ0n) is 20.5. The number of carbonyl (C=O) groups excluding carboxylic acids is 1. The van der Waals surface area contributed by atoms with Gasteiger partial charge in [-0.2, -0.15) is 0 Å². The van der Waals surface area contributed by atoms with Gasteiger partial charge in [-0.3, -0.25) is 4.79 Å². The number of aryl methyl sites for hydroxylation is 1. The van der Waals surface area contributed by atoms with Crippen molar-refractivity contribution < 1.29 is 18.7 Å². The Morgan fingerprint density at radius 2 is 1.86 bits per heavy atom. The second-order valence-electron chi connectivity index (χ2n) is 9.40. The molecule has 0 N–H and O–H groups in total. The van der Waals surface area contributed by atoms with Gasteiger partial charge >= 0.3 is 5.97 Å². The molecule has 180 valence electrons. The average molecular weight is 469 g/mol. The highest BCUT2D eigenvalue weighted by Gasteiger charge is 2.22. The first-order valence-corrected chi connectivity index (χ1v) is 12.6.